The zero-order valence-corrected chi connectivity index (χ0v) is 18.2. The highest BCUT2D eigenvalue weighted by molar-refractivity contribution is 7.89. The van der Waals surface area contributed by atoms with Gasteiger partial charge >= 0.3 is 0 Å². The number of hydrogen-bond acceptors (Lipinski definition) is 7. The summed E-state index contributed by atoms with van der Waals surface area (Å²) in [5.41, 5.74) is 1.85. The molecule has 2 aromatic heterocycles. The zero-order chi connectivity index (χ0) is 21.1. The van der Waals surface area contributed by atoms with Crippen LogP contribution in [0.5, 0.6) is 0 Å². The van der Waals surface area contributed by atoms with E-state index in [4.69, 9.17) is 0 Å². The Morgan fingerprint density at radius 1 is 1.13 bits per heavy atom. The van der Waals surface area contributed by atoms with Gasteiger partial charge in [0.2, 0.25) is 15.9 Å². The minimum absolute atomic E-state index is 0.118. The molecule has 0 atom stereocenters. The Bertz CT molecular complexity index is 1100. The average molecular weight is 446 g/mol. The van der Waals surface area contributed by atoms with Crippen LogP contribution in [0.4, 0.5) is 5.13 Å². The zero-order valence-electron chi connectivity index (χ0n) is 16.6. The molecule has 0 saturated carbocycles. The first-order valence-electron chi connectivity index (χ1n) is 9.73. The summed E-state index contributed by atoms with van der Waals surface area (Å²) >= 11 is 1.58. The number of fused-ring (bicyclic) bond motifs is 1. The summed E-state index contributed by atoms with van der Waals surface area (Å²) in [5.74, 6) is 0.118. The number of aromatic nitrogens is 2. The molecule has 1 aliphatic rings. The number of anilines is 1. The van der Waals surface area contributed by atoms with E-state index in [-0.39, 0.29) is 10.8 Å². The molecule has 1 fully saturated rings. The van der Waals surface area contributed by atoms with Gasteiger partial charge in [0.1, 0.15) is 10.3 Å². The van der Waals surface area contributed by atoms with E-state index >= 15 is 0 Å². The Balaban J connectivity index is 1.29. The number of benzene rings is 1. The second-order valence-corrected chi connectivity index (χ2v) is 9.89. The van der Waals surface area contributed by atoms with Crippen LogP contribution in [0.1, 0.15) is 12.0 Å². The molecule has 0 radical (unpaired) electrons. The van der Waals surface area contributed by atoms with Crippen molar-refractivity contribution >= 4 is 42.7 Å². The third-order valence-electron chi connectivity index (χ3n) is 5.19. The van der Waals surface area contributed by atoms with Crippen molar-refractivity contribution in [3.8, 4) is 0 Å². The van der Waals surface area contributed by atoms with Crippen molar-refractivity contribution in [3.63, 3.8) is 0 Å². The molecule has 1 aromatic carbocycles. The second-order valence-electron chi connectivity index (χ2n) is 7.04. The minimum Gasteiger partial charge on any atom is -0.344 e. The summed E-state index contributed by atoms with van der Waals surface area (Å²) < 4.78 is 25.9. The smallest absolute Gasteiger partial charge is 0.240 e. The molecule has 158 valence electrons. The first-order valence-corrected chi connectivity index (χ1v) is 12.0. The van der Waals surface area contributed by atoms with Crippen LogP contribution >= 0.6 is 11.3 Å². The lowest BCUT2D eigenvalue weighted by molar-refractivity contribution is -0.131. The van der Waals surface area contributed by atoms with Crippen LogP contribution in [-0.4, -0.2) is 62.4 Å². The molecule has 1 N–H and O–H groups in total. The molecule has 10 heteroatoms. The van der Waals surface area contributed by atoms with E-state index in [9.17, 15) is 13.2 Å². The normalized spacial score (nSPS) is 15.0. The number of sulfonamides is 1. The van der Waals surface area contributed by atoms with Crippen LogP contribution in [0.15, 0.2) is 47.5 Å². The summed E-state index contributed by atoms with van der Waals surface area (Å²) in [7, 11) is -2.05. The van der Waals surface area contributed by atoms with Crippen molar-refractivity contribution in [2.24, 2.45) is 0 Å². The van der Waals surface area contributed by atoms with Gasteiger partial charge in [-0.15, -0.1) is 0 Å². The van der Waals surface area contributed by atoms with E-state index in [1.165, 1.54) is 7.05 Å². The van der Waals surface area contributed by atoms with Gasteiger partial charge in [0, 0.05) is 38.8 Å². The van der Waals surface area contributed by atoms with Crippen LogP contribution in [0, 0.1) is 0 Å². The first-order chi connectivity index (χ1) is 14.5. The molecule has 30 heavy (non-hydrogen) atoms. The van der Waals surface area contributed by atoms with Crippen LogP contribution in [0.25, 0.3) is 10.3 Å². The lowest BCUT2D eigenvalue weighted by Gasteiger charge is -2.34. The van der Waals surface area contributed by atoms with Crippen molar-refractivity contribution in [1.82, 2.24) is 19.6 Å². The molecular weight excluding hydrogens is 422 g/mol. The number of piperazine rings is 1. The molecule has 1 aliphatic heterocycles. The average Bonchev–Trinajstić information content (AvgIpc) is 3.22. The molecule has 3 heterocycles. The highest BCUT2D eigenvalue weighted by atomic mass is 32.2. The number of aryl methyl sites for hydroxylation is 1. The van der Waals surface area contributed by atoms with Gasteiger partial charge < -0.3 is 9.80 Å². The lowest BCUT2D eigenvalue weighted by Crippen LogP contribution is -2.48. The van der Waals surface area contributed by atoms with E-state index in [0.29, 0.717) is 25.9 Å². The van der Waals surface area contributed by atoms with Crippen LogP contribution < -0.4 is 9.62 Å². The molecular formula is C20H23N5O3S2. The SMILES string of the molecule is CNS(=O)(=O)c1ccc(CCC(=O)N2CCN(c3nc4cccnc4s3)CC2)cc1. The van der Waals surface area contributed by atoms with Gasteiger partial charge in [0.05, 0.1) is 4.90 Å². The molecule has 0 spiro atoms. The van der Waals surface area contributed by atoms with Crippen molar-refractivity contribution < 1.29 is 13.2 Å². The van der Waals surface area contributed by atoms with Crippen molar-refractivity contribution in [3.05, 3.63) is 48.2 Å². The summed E-state index contributed by atoms with van der Waals surface area (Å²) in [5, 5.41) is 0.951. The lowest BCUT2D eigenvalue weighted by atomic mass is 10.1. The third kappa shape index (κ3) is 4.45. The third-order valence-corrected chi connectivity index (χ3v) is 7.66. The van der Waals surface area contributed by atoms with Gasteiger partial charge in [-0.1, -0.05) is 23.5 Å². The number of carbonyl (C=O) groups is 1. The number of amides is 1. The minimum atomic E-state index is -3.44. The topological polar surface area (TPSA) is 95.5 Å². The highest BCUT2D eigenvalue weighted by Gasteiger charge is 2.23. The maximum absolute atomic E-state index is 12.6. The number of pyridine rings is 1. The number of rotatable bonds is 6. The predicted molar refractivity (Wildman–Crippen MR) is 117 cm³/mol. The fourth-order valence-electron chi connectivity index (χ4n) is 3.40. The molecule has 0 bridgehead atoms. The van der Waals surface area contributed by atoms with E-state index in [1.807, 2.05) is 17.0 Å². The molecule has 0 unspecified atom stereocenters. The molecule has 8 nitrogen and oxygen atoms in total. The predicted octanol–water partition coefficient (Wildman–Crippen LogP) is 1.88. The maximum Gasteiger partial charge on any atom is 0.240 e. The standard InChI is InChI=1S/C20H23N5O3S2/c1-21-30(27,28)16-7-4-15(5-8-16)6-9-18(26)24-11-13-25(14-12-24)20-23-17-3-2-10-22-19(17)29-20/h2-5,7-8,10,21H,6,9,11-14H2,1H3. The van der Waals surface area contributed by atoms with E-state index < -0.39 is 10.0 Å². The largest absolute Gasteiger partial charge is 0.344 e. The summed E-state index contributed by atoms with van der Waals surface area (Å²) in [4.78, 5) is 26.8. The number of hydrogen-bond donors (Lipinski definition) is 1. The molecule has 1 saturated heterocycles. The van der Waals surface area contributed by atoms with Crippen molar-refractivity contribution in [1.29, 1.82) is 0 Å². The van der Waals surface area contributed by atoms with Gasteiger partial charge in [-0.3, -0.25) is 4.79 Å². The van der Waals surface area contributed by atoms with E-state index in [1.54, 1.807) is 41.8 Å². The van der Waals surface area contributed by atoms with Gasteiger partial charge in [-0.2, -0.15) is 0 Å². The van der Waals surface area contributed by atoms with Gasteiger partial charge in [0.15, 0.2) is 5.13 Å². The fourth-order valence-corrected chi connectivity index (χ4v) is 5.09. The molecule has 4 rings (SSSR count). The van der Waals surface area contributed by atoms with E-state index in [2.05, 4.69) is 19.6 Å². The quantitative estimate of drug-likeness (QED) is 0.623. The van der Waals surface area contributed by atoms with Crippen LogP contribution in [0.3, 0.4) is 0 Å². The number of nitrogens with zero attached hydrogens (tertiary/aromatic N) is 4. The molecule has 1 amide bonds. The maximum atomic E-state index is 12.6. The van der Waals surface area contributed by atoms with Gasteiger partial charge in [0.25, 0.3) is 0 Å². The summed E-state index contributed by atoms with van der Waals surface area (Å²) in [6.07, 6.45) is 2.76. The fraction of sp³-hybridized carbons (Fsp3) is 0.350. The Morgan fingerprint density at radius 2 is 1.87 bits per heavy atom. The number of thiazole rings is 1. The summed E-state index contributed by atoms with van der Waals surface area (Å²) in [6, 6.07) is 10.5. The van der Waals surface area contributed by atoms with Crippen molar-refractivity contribution in [2.75, 3.05) is 38.1 Å². The number of carbonyl (C=O) groups excluding carboxylic acids is 1. The number of nitrogens with one attached hydrogen (secondary N) is 1. The Morgan fingerprint density at radius 3 is 2.53 bits per heavy atom. The monoisotopic (exact) mass is 445 g/mol. The first kappa shape index (κ1) is 20.7. The Kier molecular flexibility index (Phi) is 5.98. The Labute approximate surface area is 179 Å². The summed E-state index contributed by atoms with van der Waals surface area (Å²) in [6.45, 7) is 2.84. The van der Waals surface area contributed by atoms with E-state index in [0.717, 1.165) is 34.1 Å². The van der Waals surface area contributed by atoms with Crippen LogP contribution in [-0.2, 0) is 21.2 Å². The molecule has 0 aliphatic carbocycles. The van der Waals surface area contributed by atoms with Gasteiger partial charge in [-0.25, -0.2) is 23.1 Å². The second kappa shape index (κ2) is 8.66. The van der Waals surface area contributed by atoms with Crippen molar-refractivity contribution in [2.45, 2.75) is 17.7 Å². The molecule has 3 aromatic rings. The van der Waals surface area contributed by atoms with Gasteiger partial charge in [-0.05, 0) is 43.3 Å². The highest BCUT2D eigenvalue weighted by Crippen LogP contribution is 2.27. The Hall–Kier alpha value is -2.56. The van der Waals surface area contributed by atoms with Crippen LogP contribution in [0.2, 0.25) is 0 Å².